The standard InChI is InChI=1S/C18H27N3O4/c22-18(17-14-19-5-9-24-17)20-13-15-3-1-2-4-16(15)25-12-8-21-6-10-23-11-7-21/h1-4,17,19H,5-14H2,(H,20,22). The lowest BCUT2D eigenvalue weighted by Crippen LogP contribution is -2.47. The highest BCUT2D eigenvalue weighted by molar-refractivity contribution is 5.81. The first-order valence-corrected chi connectivity index (χ1v) is 8.94. The summed E-state index contributed by atoms with van der Waals surface area (Å²) in [4.78, 5) is 14.5. The number of benzene rings is 1. The number of carbonyl (C=O) groups is 1. The van der Waals surface area contributed by atoms with Crippen LogP contribution < -0.4 is 15.4 Å². The van der Waals surface area contributed by atoms with Crippen molar-refractivity contribution < 1.29 is 19.0 Å². The van der Waals surface area contributed by atoms with E-state index in [1.165, 1.54) is 0 Å². The van der Waals surface area contributed by atoms with Gasteiger partial charge in [0.2, 0.25) is 0 Å². The summed E-state index contributed by atoms with van der Waals surface area (Å²) in [6.45, 7) is 7.36. The van der Waals surface area contributed by atoms with E-state index in [-0.39, 0.29) is 5.91 Å². The van der Waals surface area contributed by atoms with Gasteiger partial charge in [-0.1, -0.05) is 18.2 Å². The SMILES string of the molecule is O=C(NCc1ccccc1OCCN1CCOCC1)C1CNCCO1. The zero-order chi connectivity index (χ0) is 17.3. The highest BCUT2D eigenvalue weighted by Gasteiger charge is 2.21. The first kappa shape index (κ1) is 18.1. The van der Waals surface area contributed by atoms with Crippen LogP contribution in [0.5, 0.6) is 5.75 Å². The van der Waals surface area contributed by atoms with Crippen LogP contribution in [0.15, 0.2) is 24.3 Å². The molecule has 25 heavy (non-hydrogen) atoms. The molecule has 2 aliphatic heterocycles. The van der Waals surface area contributed by atoms with Crippen molar-refractivity contribution in [2.24, 2.45) is 0 Å². The van der Waals surface area contributed by atoms with Crippen LogP contribution in [0.25, 0.3) is 0 Å². The Kier molecular flexibility index (Phi) is 7.05. The molecule has 2 aliphatic rings. The molecule has 2 heterocycles. The van der Waals surface area contributed by atoms with Crippen LogP contribution in [0, 0.1) is 0 Å². The van der Waals surface area contributed by atoms with Gasteiger partial charge in [-0.25, -0.2) is 0 Å². The Bertz CT molecular complexity index is 543. The van der Waals surface area contributed by atoms with Gasteiger partial charge in [0.15, 0.2) is 0 Å². The van der Waals surface area contributed by atoms with Gasteiger partial charge in [0.25, 0.3) is 5.91 Å². The number of carbonyl (C=O) groups excluding carboxylic acids is 1. The quantitative estimate of drug-likeness (QED) is 0.722. The van der Waals surface area contributed by atoms with E-state index in [9.17, 15) is 4.79 Å². The molecule has 1 unspecified atom stereocenters. The average Bonchev–Trinajstić information content (AvgIpc) is 2.68. The summed E-state index contributed by atoms with van der Waals surface area (Å²) >= 11 is 0. The summed E-state index contributed by atoms with van der Waals surface area (Å²) in [5.74, 6) is 0.731. The molecule has 0 spiro atoms. The molecular formula is C18H27N3O4. The predicted octanol–water partition coefficient (Wildman–Crippen LogP) is 0.00220. The van der Waals surface area contributed by atoms with Gasteiger partial charge >= 0.3 is 0 Å². The third kappa shape index (κ3) is 5.67. The van der Waals surface area contributed by atoms with E-state index in [1.54, 1.807) is 0 Å². The molecule has 0 aliphatic carbocycles. The normalized spacial score (nSPS) is 21.7. The van der Waals surface area contributed by atoms with Crippen molar-refractivity contribution in [3.05, 3.63) is 29.8 Å². The van der Waals surface area contributed by atoms with Gasteiger partial charge in [0.1, 0.15) is 18.5 Å². The van der Waals surface area contributed by atoms with Crippen LogP contribution in [0.1, 0.15) is 5.56 Å². The highest BCUT2D eigenvalue weighted by atomic mass is 16.5. The Labute approximate surface area is 148 Å². The molecule has 0 aromatic heterocycles. The van der Waals surface area contributed by atoms with Crippen LogP contribution in [0.3, 0.4) is 0 Å². The van der Waals surface area contributed by atoms with Gasteiger partial charge in [-0.2, -0.15) is 0 Å². The molecule has 1 aromatic carbocycles. The maximum Gasteiger partial charge on any atom is 0.250 e. The molecule has 1 aromatic rings. The van der Waals surface area contributed by atoms with Crippen LogP contribution in [0.2, 0.25) is 0 Å². The van der Waals surface area contributed by atoms with E-state index in [0.29, 0.717) is 26.3 Å². The monoisotopic (exact) mass is 349 g/mol. The molecule has 7 nitrogen and oxygen atoms in total. The minimum absolute atomic E-state index is 0.0877. The molecule has 1 amide bonds. The third-order valence-corrected chi connectivity index (χ3v) is 4.41. The zero-order valence-electron chi connectivity index (χ0n) is 14.5. The van der Waals surface area contributed by atoms with Gasteiger partial charge in [-0.15, -0.1) is 0 Å². The summed E-state index contributed by atoms with van der Waals surface area (Å²) in [6, 6.07) is 7.82. The number of morpholine rings is 2. The second-order valence-electron chi connectivity index (χ2n) is 6.19. The molecule has 2 saturated heterocycles. The lowest BCUT2D eigenvalue weighted by atomic mass is 10.2. The summed E-state index contributed by atoms with van der Waals surface area (Å²) < 4.78 is 16.8. The van der Waals surface area contributed by atoms with E-state index in [1.807, 2.05) is 24.3 Å². The second-order valence-corrected chi connectivity index (χ2v) is 6.19. The van der Waals surface area contributed by atoms with Crippen molar-refractivity contribution in [1.29, 1.82) is 0 Å². The summed E-state index contributed by atoms with van der Waals surface area (Å²) in [5, 5.41) is 6.10. The molecule has 3 rings (SSSR count). The fourth-order valence-electron chi connectivity index (χ4n) is 2.93. The molecule has 2 N–H and O–H groups in total. The molecule has 0 radical (unpaired) electrons. The average molecular weight is 349 g/mol. The number of amides is 1. The van der Waals surface area contributed by atoms with Gasteiger partial charge in [0.05, 0.1) is 19.8 Å². The predicted molar refractivity (Wildman–Crippen MR) is 93.7 cm³/mol. The minimum Gasteiger partial charge on any atom is -0.492 e. The third-order valence-electron chi connectivity index (χ3n) is 4.41. The Morgan fingerprint density at radius 2 is 2.12 bits per heavy atom. The lowest BCUT2D eigenvalue weighted by Gasteiger charge is -2.26. The van der Waals surface area contributed by atoms with Gasteiger partial charge < -0.3 is 24.8 Å². The van der Waals surface area contributed by atoms with Crippen molar-refractivity contribution in [2.75, 3.05) is 59.2 Å². The van der Waals surface area contributed by atoms with E-state index in [2.05, 4.69) is 15.5 Å². The van der Waals surface area contributed by atoms with Crippen LogP contribution in [-0.4, -0.2) is 76.1 Å². The fourth-order valence-corrected chi connectivity index (χ4v) is 2.93. The van der Waals surface area contributed by atoms with Crippen molar-refractivity contribution in [3.63, 3.8) is 0 Å². The summed E-state index contributed by atoms with van der Waals surface area (Å²) in [6.07, 6.45) is -0.414. The molecular weight excluding hydrogens is 322 g/mol. The van der Waals surface area contributed by atoms with E-state index in [4.69, 9.17) is 14.2 Å². The van der Waals surface area contributed by atoms with Gasteiger partial charge in [-0.05, 0) is 6.07 Å². The topological polar surface area (TPSA) is 72.1 Å². The number of nitrogens with zero attached hydrogens (tertiary/aromatic N) is 1. The number of para-hydroxylation sites is 1. The highest BCUT2D eigenvalue weighted by Crippen LogP contribution is 2.18. The largest absolute Gasteiger partial charge is 0.492 e. The molecule has 0 saturated carbocycles. The van der Waals surface area contributed by atoms with E-state index >= 15 is 0 Å². The smallest absolute Gasteiger partial charge is 0.250 e. The number of ether oxygens (including phenoxy) is 3. The van der Waals surface area contributed by atoms with Crippen molar-refractivity contribution in [1.82, 2.24) is 15.5 Å². The number of nitrogens with one attached hydrogen (secondary N) is 2. The first-order valence-electron chi connectivity index (χ1n) is 8.94. The zero-order valence-corrected chi connectivity index (χ0v) is 14.5. The van der Waals surface area contributed by atoms with Crippen LogP contribution in [0.4, 0.5) is 0 Å². The Balaban J connectivity index is 1.45. The van der Waals surface area contributed by atoms with E-state index in [0.717, 1.165) is 50.7 Å². The number of hydrogen-bond acceptors (Lipinski definition) is 6. The Morgan fingerprint density at radius 1 is 1.28 bits per heavy atom. The maximum atomic E-state index is 12.2. The number of hydrogen-bond donors (Lipinski definition) is 2. The van der Waals surface area contributed by atoms with Crippen LogP contribution in [-0.2, 0) is 20.8 Å². The van der Waals surface area contributed by atoms with Crippen molar-refractivity contribution in [3.8, 4) is 5.75 Å². The van der Waals surface area contributed by atoms with Crippen molar-refractivity contribution >= 4 is 5.91 Å². The summed E-state index contributed by atoms with van der Waals surface area (Å²) in [5.41, 5.74) is 0.974. The van der Waals surface area contributed by atoms with Gasteiger partial charge in [0, 0.05) is 44.8 Å². The van der Waals surface area contributed by atoms with Crippen LogP contribution >= 0.6 is 0 Å². The van der Waals surface area contributed by atoms with Gasteiger partial charge in [-0.3, -0.25) is 9.69 Å². The second kappa shape index (κ2) is 9.72. The minimum atomic E-state index is -0.414. The maximum absolute atomic E-state index is 12.2. The Hall–Kier alpha value is -1.67. The first-order chi connectivity index (χ1) is 12.3. The molecule has 138 valence electrons. The number of rotatable bonds is 7. The Morgan fingerprint density at radius 3 is 2.92 bits per heavy atom. The van der Waals surface area contributed by atoms with Crippen molar-refractivity contribution in [2.45, 2.75) is 12.6 Å². The fraction of sp³-hybridized carbons (Fsp3) is 0.611. The summed E-state index contributed by atoms with van der Waals surface area (Å²) in [7, 11) is 0. The molecule has 2 fully saturated rings. The molecule has 0 bridgehead atoms. The molecule has 1 atom stereocenters. The lowest BCUT2D eigenvalue weighted by molar-refractivity contribution is -0.134. The van der Waals surface area contributed by atoms with E-state index < -0.39 is 6.10 Å². The molecule has 7 heteroatoms.